The fourth-order valence-corrected chi connectivity index (χ4v) is 3.07. The highest BCUT2D eigenvalue weighted by Gasteiger charge is 2.25. The van der Waals surface area contributed by atoms with Crippen molar-refractivity contribution in [1.29, 1.82) is 0 Å². The van der Waals surface area contributed by atoms with E-state index in [1.807, 2.05) is 52.8 Å². The van der Waals surface area contributed by atoms with Crippen molar-refractivity contribution in [2.24, 2.45) is 0 Å². The average Bonchev–Trinajstić information content (AvgIpc) is 2.65. The molecule has 1 N–H and O–H groups in total. The van der Waals surface area contributed by atoms with Gasteiger partial charge in [0.05, 0.1) is 0 Å². The third kappa shape index (κ3) is 8.31. The predicted octanol–water partition coefficient (Wildman–Crippen LogP) is 2.74. The van der Waals surface area contributed by atoms with Gasteiger partial charge in [-0.25, -0.2) is 4.79 Å². The normalized spacial score (nSPS) is 15.1. The summed E-state index contributed by atoms with van der Waals surface area (Å²) in [5.41, 5.74) is 1.67. The molecule has 1 saturated heterocycles. The van der Waals surface area contributed by atoms with E-state index in [0.717, 1.165) is 42.9 Å². The van der Waals surface area contributed by atoms with Crippen molar-refractivity contribution in [1.82, 2.24) is 15.1 Å². The van der Waals surface area contributed by atoms with Crippen molar-refractivity contribution in [3.63, 3.8) is 0 Å². The minimum atomic E-state index is -0.464. The van der Waals surface area contributed by atoms with E-state index in [4.69, 9.17) is 9.47 Å². The van der Waals surface area contributed by atoms with Crippen molar-refractivity contribution in [3.8, 4) is 5.75 Å². The molecular formula is C22H35N3O4. The number of nitrogens with one attached hydrogen (secondary N) is 1. The van der Waals surface area contributed by atoms with Gasteiger partial charge in [-0.3, -0.25) is 9.69 Å². The smallest absolute Gasteiger partial charge is 0.410 e. The molecule has 0 bridgehead atoms. The number of aryl methyl sites for hydroxylation is 2. The summed E-state index contributed by atoms with van der Waals surface area (Å²) in [6.45, 7) is 14.1. The number of carbonyl (C=O) groups is 2. The van der Waals surface area contributed by atoms with Crippen LogP contribution in [-0.4, -0.2) is 73.3 Å². The SMILES string of the molecule is Cc1ccc(C)c(OCC(=O)NCCCN2CCN(C(=O)OC(C)(C)C)CC2)c1. The molecule has 29 heavy (non-hydrogen) atoms. The van der Waals surface area contributed by atoms with E-state index in [1.54, 1.807) is 4.90 Å². The van der Waals surface area contributed by atoms with Gasteiger partial charge in [0.25, 0.3) is 5.91 Å². The van der Waals surface area contributed by atoms with Gasteiger partial charge >= 0.3 is 6.09 Å². The summed E-state index contributed by atoms with van der Waals surface area (Å²) in [6.07, 6.45) is 0.620. The minimum Gasteiger partial charge on any atom is -0.483 e. The molecule has 1 aliphatic rings. The van der Waals surface area contributed by atoms with Crippen LogP contribution in [0.2, 0.25) is 0 Å². The zero-order valence-corrected chi connectivity index (χ0v) is 18.4. The lowest BCUT2D eigenvalue weighted by Crippen LogP contribution is -2.50. The first-order valence-corrected chi connectivity index (χ1v) is 10.3. The fraction of sp³-hybridized carbons (Fsp3) is 0.636. The van der Waals surface area contributed by atoms with Crippen LogP contribution in [0.1, 0.15) is 38.3 Å². The van der Waals surface area contributed by atoms with Gasteiger partial charge in [0.1, 0.15) is 11.4 Å². The maximum atomic E-state index is 12.1. The number of ether oxygens (including phenoxy) is 2. The van der Waals surface area contributed by atoms with Crippen LogP contribution in [0.15, 0.2) is 18.2 Å². The van der Waals surface area contributed by atoms with E-state index in [2.05, 4.69) is 10.2 Å². The molecular weight excluding hydrogens is 370 g/mol. The lowest BCUT2D eigenvalue weighted by molar-refractivity contribution is -0.123. The highest BCUT2D eigenvalue weighted by molar-refractivity contribution is 5.77. The van der Waals surface area contributed by atoms with E-state index in [0.29, 0.717) is 19.6 Å². The van der Waals surface area contributed by atoms with Gasteiger partial charge < -0.3 is 19.7 Å². The second-order valence-corrected chi connectivity index (χ2v) is 8.57. The molecule has 7 heteroatoms. The molecule has 2 amide bonds. The summed E-state index contributed by atoms with van der Waals surface area (Å²) in [5.74, 6) is 0.642. The molecule has 162 valence electrons. The lowest BCUT2D eigenvalue weighted by Gasteiger charge is -2.35. The summed E-state index contributed by atoms with van der Waals surface area (Å²) < 4.78 is 11.0. The van der Waals surface area contributed by atoms with Gasteiger partial charge in [-0.1, -0.05) is 12.1 Å². The molecule has 0 spiro atoms. The van der Waals surface area contributed by atoms with Crippen LogP contribution in [0, 0.1) is 13.8 Å². The molecule has 1 heterocycles. The average molecular weight is 406 g/mol. The Morgan fingerprint density at radius 3 is 2.45 bits per heavy atom. The van der Waals surface area contributed by atoms with Gasteiger partial charge in [0.2, 0.25) is 0 Å². The van der Waals surface area contributed by atoms with Crippen molar-refractivity contribution in [2.45, 2.75) is 46.6 Å². The van der Waals surface area contributed by atoms with Gasteiger partial charge in [-0.2, -0.15) is 0 Å². The van der Waals surface area contributed by atoms with Gasteiger partial charge in [-0.15, -0.1) is 0 Å². The second-order valence-electron chi connectivity index (χ2n) is 8.57. The Labute approximate surface area is 174 Å². The molecule has 0 atom stereocenters. The Morgan fingerprint density at radius 2 is 1.79 bits per heavy atom. The molecule has 0 saturated carbocycles. The van der Waals surface area contributed by atoms with Crippen molar-refractivity contribution in [2.75, 3.05) is 45.9 Å². The number of hydrogen-bond acceptors (Lipinski definition) is 5. The number of nitrogens with zero attached hydrogens (tertiary/aromatic N) is 2. The van der Waals surface area contributed by atoms with Gasteiger partial charge in [0, 0.05) is 32.7 Å². The Hall–Kier alpha value is -2.28. The van der Waals surface area contributed by atoms with E-state index in [1.165, 1.54) is 0 Å². The molecule has 0 aliphatic carbocycles. The van der Waals surface area contributed by atoms with E-state index in [9.17, 15) is 9.59 Å². The number of benzene rings is 1. The molecule has 0 radical (unpaired) electrons. The van der Waals surface area contributed by atoms with Gasteiger partial charge in [-0.05, 0) is 64.8 Å². The van der Waals surface area contributed by atoms with E-state index < -0.39 is 5.60 Å². The zero-order valence-electron chi connectivity index (χ0n) is 18.4. The highest BCUT2D eigenvalue weighted by Crippen LogP contribution is 2.18. The molecule has 2 rings (SSSR count). The van der Waals surface area contributed by atoms with E-state index in [-0.39, 0.29) is 18.6 Å². The van der Waals surface area contributed by atoms with Crippen molar-refractivity contribution in [3.05, 3.63) is 29.3 Å². The maximum absolute atomic E-state index is 12.1. The fourth-order valence-electron chi connectivity index (χ4n) is 3.07. The molecule has 1 fully saturated rings. The predicted molar refractivity (Wildman–Crippen MR) is 113 cm³/mol. The second kappa shape index (κ2) is 10.5. The number of hydrogen-bond donors (Lipinski definition) is 1. The maximum Gasteiger partial charge on any atom is 0.410 e. The summed E-state index contributed by atoms with van der Waals surface area (Å²) in [5, 5.41) is 2.90. The Bertz CT molecular complexity index is 692. The monoisotopic (exact) mass is 405 g/mol. The topological polar surface area (TPSA) is 71.1 Å². The molecule has 1 aromatic carbocycles. The zero-order chi connectivity index (χ0) is 21.4. The third-order valence-corrected chi connectivity index (χ3v) is 4.70. The van der Waals surface area contributed by atoms with E-state index >= 15 is 0 Å². The lowest BCUT2D eigenvalue weighted by atomic mass is 10.1. The summed E-state index contributed by atoms with van der Waals surface area (Å²) in [6, 6.07) is 5.96. The highest BCUT2D eigenvalue weighted by atomic mass is 16.6. The quantitative estimate of drug-likeness (QED) is 0.707. The molecule has 0 unspecified atom stereocenters. The molecule has 1 aliphatic heterocycles. The standard InChI is InChI=1S/C22H35N3O4/c1-17-7-8-18(2)19(15-17)28-16-20(26)23-9-6-10-24-11-13-25(14-12-24)21(27)29-22(3,4)5/h7-8,15H,6,9-14,16H2,1-5H3,(H,23,26). The molecule has 1 aromatic rings. The first kappa shape index (κ1) is 23.0. The van der Waals surface area contributed by atoms with Crippen LogP contribution in [0.4, 0.5) is 4.79 Å². The Balaban J connectivity index is 1.58. The van der Waals surface area contributed by atoms with Crippen LogP contribution < -0.4 is 10.1 Å². The third-order valence-electron chi connectivity index (χ3n) is 4.70. The summed E-state index contributed by atoms with van der Waals surface area (Å²) in [4.78, 5) is 28.1. The Morgan fingerprint density at radius 1 is 1.10 bits per heavy atom. The first-order valence-electron chi connectivity index (χ1n) is 10.3. The number of amides is 2. The minimum absolute atomic E-state index is 0.0266. The summed E-state index contributed by atoms with van der Waals surface area (Å²) in [7, 11) is 0. The largest absolute Gasteiger partial charge is 0.483 e. The molecule has 7 nitrogen and oxygen atoms in total. The van der Waals surface area contributed by atoms with Crippen LogP contribution in [0.3, 0.4) is 0 Å². The van der Waals surface area contributed by atoms with Crippen molar-refractivity contribution >= 4 is 12.0 Å². The Kier molecular flexibility index (Phi) is 8.32. The molecule has 0 aromatic heterocycles. The number of rotatable bonds is 7. The van der Waals surface area contributed by atoms with Crippen LogP contribution >= 0.6 is 0 Å². The van der Waals surface area contributed by atoms with Crippen molar-refractivity contribution < 1.29 is 19.1 Å². The number of piperazine rings is 1. The number of carbonyl (C=O) groups excluding carboxylic acids is 2. The first-order chi connectivity index (χ1) is 13.6. The van der Waals surface area contributed by atoms with Crippen LogP contribution in [0.5, 0.6) is 5.75 Å². The van der Waals surface area contributed by atoms with Crippen LogP contribution in [-0.2, 0) is 9.53 Å². The van der Waals surface area contributed by atoms with Crippen LogP contribution in [0.25, 0.3) is 0 Å². The van der Waals surface area contributed by atoms with Gasteiger partial charge in [0.15, 0.2) is 6.61 Å². The summed E-state index contributed by atoms with van der Waals surface area (Å²) >= 11 is 0.